The van der Waals surface area contributed by atoms with Crippen LogP contribution >= 0.6 is 11.6 Å². The SMILES string of the molecule is Cn1c(=O)c(C2(O)CCN(C(=O)O)C2)cc2c(Cl)ccnc21. The molecule has 1 unspecified atom stereocenters. The maximum absolute atomic E-state index is 12.5. The molecule has 2 aromatic rings. The Balaban J connectivity index is 2.20. The van der Waals surface area contributed by atoms with E-state index in [1.165, 1.54) is 16.8 Å². The zero-order chi connectivity index (χ0) is 16.1. The molecule has 3 rings (SSSR count). The Morgan fingerprint density at radius 2 is 2.23 bits per heavy atom. The first-order valence-electron chi connectivity index (χ1n) is 6.68. The van der Waals surface area contributed by atoms with Gasteiger partial charge >= 0.3 is 6.09 Å². The molecule has 8 heteroatoms. The first kappa shape index (κ1) is 14.8. The molecule has 0 aromatic carbocycles. The van der Waals surface area contributed by atoms with Crippen molar-refractivity contribution in [3.8, 4) is 0 Å². The summed E-state index contributed by atoms with van der Waals surface area (Å²) in [6.45, 7) is 0.0365. The van der Waals surface area contributed by atoms with E-state index in [1.54, 1.807) is 13.1 Å². The fourth-order valence-corrected chi connectivity index (χ4v) is 3.03. The summed E-state index contributed by atoms with van der Waals surface area (Å²) in [5, 5.41) is 20.7. The number of aromatic nitrogens is 2. The Labute approximate surface area is 130 Å². The van der Waals surface area contributed by atoms with Crippen LogP contribution in [0.2, 0.25) is 5.02 Å². The third-order valence-corrected chi connectivity index (χ3v) is 4.41. The molecule has 1 saturated heterocycles. The van der Waals surface area contributed by atoms with E-state index < -0.39 is 17.3 Å². The van der Waals surface area contributed by atoms with Crippen LogP contribution in [0, 0.1) is 0 Å². The lowest BCUT2D eigenvalue weighted by molar-refractivity contribution is 0.0444. The van der Waals surface area contributed by atoms with E-state index in [0.29, 0.717) is 16.1 Å². The van der Waals surface area contributed by atoms with Crippen molar-refractivity contribution < 1.29 is 15.0 Å². The second-order valence-electron chi connectivity index (χ2n) is 5.44. The Kier molecular flexibility index (Phi) is 3.34. The standard InChI is InChI=1S/C14H14ClN3O4/c1-17-11-8(10(15)2-4-16-11)6-9(12(17)19)14(22)3-5-18(7-14)13(20)21/h2,4,6,22H,3,5,7H2,1H3,(H,20,21). The highest BCUT2D eigenvalue weighted by molar-refractivity contribution is 6.35. The van der Waals surface area contributed by atoms with E-state index in [4.69, 9.17) is 16.7 Å². The van der Waals surface area contributed by atoms with Gasteiger partial charge in [0.05, 0.1) is 17.1 Å². The number of halogens is 1. The van der Waals surface area contributed by atoms with Crippen molar-refractivity contribution >= 4 is 28.7 Å². The van der Waals surface area contributed by atoms with Gasteiger partial charge in [0.15, 0.2) is 0 Å². The molecule has 1 atom stereocenters. The fraction of sp³-hybridized carbons (Fsp3) is 0.357. The number of carbonyl (C=O) groups is 1. The minimum atomic E-state index is -1.51. The summed E-state index contributed by atoms with van der Waals surface area (Å²) in [5.74, 6) is 0. The van der Waals surface area contributed by atoms with E-state index in [0.717, 1.165) is 4.90 Å². The van der Waals surface area contributed by atoms with Crippen LogP contribution < -0.4 is 5.56 Å². The lowest BCUT2D eigenvalue weighted by Gasteiger charge is -2.23. The fourth-order valence-electron chi connectivity index (χ4n) is 2.83. The number of hydrogen-bond acceptors (Lipinski definition) is 4. The van der Waals surface area contributed by atoms with Crippen LogP contribution in [0.1, 0.15) is 12.0 Å². The third-order valence-electron chi connectivity index (χ3n) is 4.08. The predicted molar refractivity (Wildman–Crippen MR) is 80.1 cm³/mol. The minimum Gasteiger partial charge on any atom is -0.465 e. The molecule has 1 amide bonds. The summed E-state index contributed by atoms with van der Waals surface area (Å²) in [6, 6.07) is 3.11. The number of nitrogens with zero attached hydrogens (tertiary/aromatic N) is 3. The van der Waals surface area contributed by atoms with Crippen LogP contribution in [0.3, 0.4) is 0 Å². The molecule has 1 fully saturated rings. The topological polar surface area (TPSA) is 95.7 Å². The van der Waals surface area contributed by atoms with Gasteiger partial charge in [0.2, 0.25) is 0 Å². The number of pyridine rings is 2. The third kappa shape index (κ3) is 2.13. The monoisotopic (exact) mass is 323 g/mol. The molecule has 0 radical (unpaired) electrons. The molecule has 2 N–H and O–H groups in total. The van der Waals surface area contributed by atoms with Crippen molar-refractivity contribution in [2.24, 2.45) is 7.05 Å². The van der Waals surface area contributed by atoms with Gasteiger partial charge in [-0.3, -0.25) is 9.36 Å². The van der Waals surface area contributed by atoms with Crippen molar-refractivity contribution in [1.82, 2.24) is 14.5 Å². The van der Waals surface area contributed by atoms with Crippen molar-refractivity contribution in [3.63, 3.8) is 0 Å². The van der Waals surface area contributed by atoms with Crippen LogP contribution in [0.15, 0.2) is 23.1 Å². The molecule has 7 nitrogen and oxygen atoms in total. The smallest absolute Gasteiger partial charge is 0.407 e. The number of β-amino-alcohol motifs (C(OH)–C–C–N with tert-alkyl or cyclic N) is 1. The first-order valence-corrected chi connectivity index (χ1v) is 7.06. The zero-order valence-electron chi connectivity index (χ0n) is 11.8. The number of hydrogen-bond donors (Lipinski definition) is 2. The molecular formula is C14H14ClN3O4. The lowest BCUT2D eigenvalue weighted by Crippen LogP contribution is -2.39. The number of fused-ring (bicyclic) bond motifs is 1. The van der Waals surface area contributed by atoms with Crippen LogP contribution in [0.4, 0.5) is 4.79 Å². The van der Waals surface area contributed by atoms with Crippen molar-refractivity contribution in [2.45, 2.75) is 12.0 Å². The van der Waals surface area contributed by atoms with Crippen LogP contribution in [0.25, 0.3) is 11.0 Å². The highest BCUT2D eigenvalue weighted by atomic mass is 35.5. The van der Waals surface area contributed by atoms with E-state index in [-0.39, 0.29) is 25.1 Å². The molecule has 22 heavy (non-hydrogen) atoms. The molecular weight excluding hydrogens is 310 g/mol. The highest BCUT2D eigenvalue weighted by Crippen LogP contribution is 2.32. The molecule has 116 valence electrons. The van der Waals surface area contributed by atoms with Gasteiger partial charge in [0, 0.05) is 31.6 Å². The summed E-state index contributed by atoms with van der Waals surface area (Å²) in [6.07, 6.45) is 0.547. The van der Waals surface area contributed by atoms with E-state index in [1.807, 2.05) is 0 Å². The minimum absolute atomic E-state index is 0.138. The summed E-state index contributed by atoms with van der Waals surface area (Å²) in [4.78, 5) is 28.8. The van der Waals surface area contributed by atoms with Gasteiger partial charge in [-0.05, 0) is 12.1 Å². The lowest BCUT2D eigenvalue weighted by atomic mass is 9.93. The normalized spacial score (nSPS) is 21.5. The number of likely N-dealkylation sites (tertiary alicyclic amines) is 1. The maximum atomic E-state index is 12.5. The summed E-state index contributed by atoms with van der Waals surface area (Å²) < 4.78 is 1.32. The molecule has 2 aromatic heterocycles. The van der Waals surface area contributed by atoms with Gasteiger partial charge in [-0.2, -0.15) is 0 Å². The molecule has 0 aliphatic carbocycles. The highest BCUT2D eigenvalue weighted by Gasteiger charge is 2.42. The second kappa shape index (κ2) is 4.96. The number of aliphatic hydroxyl groups is 1. The first-order chi connectivity index (χ1) is 10.3. The van der Waals surface area contributed by atoms with E-state index >= 15 is 0 Å². The zero-order valence-corrected chi connectivity index (χ0v) is 12.5. The largest absolute Gasteiger partial charge is 0.465 e. The van der Waals surface area contributed by atoms with Crippen LogP contribution in [0.5, 0.6) is 0 Å². The van der Waals surface area contributed by atoms with Crippen LogP contribution in [-0.4, -0.2) is 43.8 Å². The van der Waals surface area contributed by atoms with Gasteiger partial charge in [0.1, 0.15) is 11.2 Å². The van der Waals surface area contributed by atoms with E-state index in [2.05, 4.69) is 4.98 Å². The van der Waals surface area contributed by atoms with Gasteiger partial charge < -0.3 is 15.1 Å². The maximum Gasteiger partial charge on any atom is 0.407 e. The molecule has 1 aliphatic rings. The molecule has 1 aliphatic heterocycles. The van der Waals surface area contributed by atoms with Gasteiger partial charge in [-0.15, -0.1) is 0 Å². The molecule has 3 heterocycles. The quantitative estimate of drug-likeness (QED) is 0.821. The van der Waals surface area contributed by atoms with Crippen molar-refractivity contribution in [2.75, 3.05) is 13.1 Å². The number of aryl methyl sites for hydroxylation is 1. The summed E-state index contributed by atoms with van der Waals surface area (Å²) in [5.41, 5.74) is -1.36. The summed E-state index contributed by atoms with van der Waals surface area (Å²) >= 11 is 6.14. The average molecular weight is 324 g/mol. The van der Waals surface area contributed by atoms with Crippen molar-refractivity contribution in [1.29, 1.82) is 0 Å². The van der Waals surface area contributed by atoms with Crippen LogP contribution in [-0.2, 0) is 12.6 Å². The number of amides is 1. The number of rotatable bonds is 1. The Morgan fingerprint density at radius 3 is 2.86 bits per heavy atom. The molecule has 0 bridgehead atoms. The summed E-state index contributed by atoms with van der Waals surface area (Å²) in [7, 11) is 1.55. The Hall–Kier alpha value is -2.12. The van der Waals surface area contributed by atoms with Crippen molar-refractivity contribution in [3.05, 3.63) is 39.3 Å². The van der Waals surface area contributed by atoms with Gasteiger partial charge in [-0.1, -0.05) is 11.6 Å². The van der Waals surface area contributed by atoms with E-state index in [9.17, 15) is 14.7 Å². The Bertz CT molecular complexity index is 835. The number of carboxylic acid groups (broad SMARTS) is 1. The predicted octanol–water partition coefficient (Wildman–Crippen LogP) is 1.16. The van der Waals surface area contributed by atoms with Gasteiger partial charge in [-0.25, -0.2) is 9.78 Å². The molecule has 0 spiro atoms. The average Bonchev–Trinajstić information content (AvgIpc) is 2.87. The Morgan fingerprint density at radius 1 is 1.50 bits per heavy atom. The van der Waals surface area contributed by atoms with Gasteiger partial charge in [0.25, 0.3) is 5.56 Å². The second-order valence-corrected chi connectivity index (χ2v) is 5.85. The molecule has 0 saturated carbocycles.